The second-order valence-corrected chi connectivity index (χ2v) is 13.2. The molecule has 1 saturated heterocycles. The Balaban J connectivity index is 1.70. The third-order valence-corrected chi connectivity index (χ3v) is 9.37. The van der Waals surface area contributed by atoms with Gasteiger partial charge in [0.25, 0.3) is 10.0 Å². The van der Waals surface area contributed by atoms with Crippen molar-refractivity contribution in [1.29, 1.82) is 0 Å². The molecule has 0 radical (unpaired) electrons. The number of nitrogens with one attached hydrogen (secondary N) is 1. The van der Waals surface area contributed by atoms with Gasteiger partial charge in [-0.1, -0.05) is 27.7 Å². The summed E-state index contributed by atoms with van der Waals surface area (Å²) in [5.41, 5.74) is 0.873. The summed E-state index contributed by atoms with van der Waals surface area (Å²) < 4.78 is 55.9. The summed E-state index contributed by atoms with van der Waals surface area (Å²) in [5, 5.41) is 16.5. The van der Waals surface area contributed by atoms with Gasteiger partial charge >= 0.3 is 6.55 Å². The molecule has 3 atom stereocenters. The molecular formula is C25H36F2N6O4S. The van der Waals surface area contributed by atoms with Crippen molar-refractivity contribution in [2.75, 3.05) is 35.8 Å². The number of fused-ring (bicyclic) bond motifs is 1. The molecule has 1 fully saturated rings. The fourth-order valence-electron chi connectivity index (χ4n) is 4.87. The SMILES string of the molecule is Cc1nn(C(F)F)cc1S(=O)(=O)N1CC(CN2CCC(O)C2)Cc2ncc(NC(=O)C(C)C(C)(C)C)cc21. The predicted molar refractivity (Wildman–Crippen MR) is 138 cm³/mol. The molecule has 2 aromatic heterocycles. The summed E-state index contributed by atoms with van der Waals surface area (Å²) in [6.07, 6.45) is 3.10. The Bertz CT molecular complexity index is 1290. The van der Waals surface area contributed by atoms with Gasteiger partial charge in [0.05, 0.1) is 41.3 Å². The average molecular weight is 555 g/mol. The van der Waals surface area contributed by atoms with Crippen LogP contribution >= 0.6 is 0 Å². The van der Waals surface area contributed by atoms with Crippen LogP contribution in [0.5, 0.6) is 0 Å². The molecule has 0 aliphatic carbocycles. The molecule has 0 spiro atoms. The van der Waals surface area contributed by atoms with Crippen molar-refractivity contribution in [3.05, 3.63) is 29.8 Å². The Labute approximate surface area is 222 Å². The molecule has 4 heterocycles. The van der Waals surface area contributed by atoms with Crippen LogP contribution in [0.25, 0.3) is 0 Å². The lowest BCUT2D eigenvalue weighted by molar-refractivity contribution is -0.122. The van der Waals surface area contributed by atoms with Crippen molar-refractivity contribution in [2.45, 2.75) is 65.0 Å². The molecule has 0 saturated carbocycles. The van der Waals surface area contributed by atoms with Crippen molar-refractivity contribution < 1.29 is 27.1 Å². The number of rotatable bonds is 7. The van der Waals surface area contributed by atoms with Crippen LogP contribution in [-0.4, -0.2) is 71.4 Å². The molecule has 0 bridgehead atoms. The van der Waals surface area contributed by atoms with E-state index in [0.29, 0.717) is 54.2 Å². The summed E-state index contributed by atoms with van der Waals surface area (Å²) in [6, 6.07) is 1.58. The smallest absolute Gasteiger partial charge is 0.333 e. The minimum atomic E-state index is -4.28. The van der Waals surface area contributed by atoms with Crippen molar-refractivity contribution >= 4 is 27.3 Å². The number of halogens is 2. The highest BCUT2D eigenvalue weighted by atomic mass is 32.2. The number of likely N-dealkylation sites (tertiary alicyclic amines) is 1. The van der Waals surface area contributed by atoms with Gasteiger partial charge in [-0.05, 0) is 37.2 Å². The molecule has 2 aliphatic heterocycles. The summed E-state index contributed by atoms with van der Waals surface area (Å²) in [6.45, 7) is 7.97. The number of nitrogens with zero attached hydrogens (tertiary/aromatic N) is 5. The number of carbonyl (C=O) groups excluding carboxylic acids is 1. The Morgan fingerprint density at radius 1 is 1.29 bits per heavy atom. The molecule has 2 aliphatic rings. The molecule has 1 amide bonds. The topological polar surface area (TPSA) is 121 Å². The van der Waals surface area contributed by atoms with Gasteiger partial charge in [-0.2, -0.15) is 13.9 Å². The number of pyridine rings is 1. The number of aliphatic hydroxyl groups excluding tert-OH is 1. The Morgan fingerprint density at radius 3 is 2.58 bits per heavy atom. The highest BCUT2D eigenvalue weighted by Gasteiger charge is 2.38. The molecule has 2 N–H and O–H groups in total. The zero-order valence-electron chi connectivity index (χ0n) is 22.4. The van der Waals surface area contributed by atoms with Crippen LogP contribution in [0.2, 0.25) is 0 Å². The maximum Gasteiger partial charge on any atom is 0.333 e. The third-order valence-electron chi connectivity index (χ3n) is 7.49. The first-order valence-electron chi connectivity index (χ1n) is 12.7. The van der Waals surface area contributed by atoms with Crippen LogP contribution in [0, 0.1) is 24.2 Å². The van der Waals surface area contributed by atoms with E-state index in [0.717, 1.165) is 6.20 Å². The van der Waals surface area contributed by atoms with Crippen molar-refractivity contribution in [1.82, 2.24) is 19.7 Å². The Hall–Kier alpha value is -2.64. The van der Waals surface area contributed by atoms with Crippen molar-refractivity contribution in [2.24, 2.45) is 17.3 Å². The number of sulfonamides is 1. The van der Waals surface area contributed by atoms with E-state index in [9.17, 15) is 27.1 Å². The monoisotopic (exact) mass is 554 g/mol. The van der Waals surface area contributed by atoms with Crippen molar-refractivity contribution in [3.8, 4) is 0 Å². The van der Waals surface area contributed by atoms with E-state index in [2.05, 4.69) is 20.3 Å². The van der Waals surface area contributed by atoms with Crippen LogP contribution in [0.4, 0.5) is 20.2 Å². The molecule has 210 valence electrons. The highest BCUT2D eigenvalue weighted by molar-refractivity contribution is 7.92. The first-order valence-corrected chi connectivity index (χ1v) is 14.2. The van der Waals surface area contributed by atoms with E-state index in [1.165, 1.54) is 17.4 Å². The number of aryl methyl sites for hydroxylation is 1. The number of amides is 1. The fraction of sp³-hybridized carbons (Fsp3) is 0.640. The van der Waals surface area contributed by atoms with E-state index < -0.39 is 22.7 Å². The van der Waals surface area contributed by atoms with Crippen LogP contribution in [0.3, 0.4) is 0 Å². The van der Waals surface area contributed by atoms with Crippen LogP contribution < -0.4 is 9.62 Å². The first kappa shape index (κ1) is 28.4. The van der Waals surface area contributed by atoms with Gasteiger partial charge in [0, 0.05) is 32.1 Å². The molecule has 38 heavy (non-hydrogen) atoms. The van der Waals surface area contributed by atoms with Gasteiger partial charge in [0.2, 0.25) is 5.91 Å². The average Bonchev–Trinajstić information content (AvgIpc) is 3.43. The van der Waals surface area contributed by atoms with E-state index in [4.69, 9.17) is 0 Å². The maximum absolute atomic E-state index is 13.9. The highest BCUT2D eigenvalue weighted by Crippen LogP contribution is 2.37. The number of aliphatic hydroxyl groups is 1. The van der Waals surface area contributed by atoms with Gasteiger partial charge in [-0.25, -0.2) is 13.1 Å². The third kappa shape index (κ3) is 5.84. The predicted octanol–water partition coefficient (Wildman–Crippen LogP) is 3.04. The Morgan fingerprint density at radius 2 is 2.00 bits per heavy atom. The maximum atomic E-state index is 13.9. The van der Waals surface area contributed by atoms with Gasteiger partial charge < -0.3 is 15.3 Å². The van der Waals surface area contributed by atoms with Gasteiger partial charge in [-0.15, -0.1) is 0 Å². The number of aromatic nitrogens is 3. The van der Waals surface area contributed by atoms with E-state index in [1.54, 1.807) is 6.07 Å². The quantitative estimate of drug-likeness (QED) is 0.540. The van der Waals surface area contributed by atoms with Gasteiger partial charge in [0.15, 0.2) is 0 Å². The van der Waals surface area contributed by atoms with E-state index >= 15 is 0 Å². The zero-order valence-corrected chi connectivity index (χ0v) is 23.2. The summed E-state index contributed by atoms with van der Waals surface area (Å²) in [7, 11) is -4.28. The largest absolute Gasteiger partial charge is 0.392 e. The number of anilines is 2. The summed E-state index contributed by atoms with van der Waals surface area (Å²) in [5.74, 6) is -0.674. The van der Waals surface area contributed by atoms with Crippen molar-refractivity contribution in [3.63, 3.8) is 0 Å². The lowest BCUT2D eigenvalue weighted by Crippen LogP contribution is -2.44. The molecule has 2 aromatic rings. The zero-order chi connectivity index (χ0) is 28.0. The standard InChI is InChI=1S/C25H36F2N6O4S/c1-15(25(3,4)5)23(35)29-18-9-21-20(28-10-18)8-17(11-31-7-6-19(34)13-31)12-33(21)38(36,37)22-14-32(24(26)27)30-16(22)2/h9-10,14-15,17,19,24,34H,6-8,11-13H2,1-5H3,(H,29,35). The molecule has 3 unspecified atom stereocenters. The lowest BCUT2D eigenvalue weighted by atomic mass is 9.81. The van der Waals surface area contributed by atoms with Gasteiger partial charge in [0.1, 0.15) is 4.90 Å². The molecule has 10 nitrogen and oxygen atoms in total. The molecular weight excluding hydrogens is 518 g/mol. The van der Waals surface area contributed by atoms with Crippen LogP contribution in [0.1, 0.15) is 52.1 Å². The number of alkyl halides is 2. The summed E-state index contributed by atoms with van der Waals surface area (Å²) >= 11 is 0. The minimum Gasteiger partial charge on any atom is -0.392 e. The summed E-state index contributed by atoms with van der Waals surface area (Å²) in [4.78, 5) is 19.1. The van der Waals surface area contributed by atoms with E-state index in [1.807, 2.05) is 27.7 Å². The van der Waals surface area contributed by atoms with Crippen LogP contribution in [0.15, 0.2) is 23.4 Å². The lowest BCUT2D eigenvalue weighted by Gasteiger charge is -2.36. The number of carbonyl (C=O) groups is 1. The second kappa shape index (κ2) is 10.5. The molecule has 13 heteroatoms. The number of hydrogen-bond donors (Lipinski definition) is 2. The minimum absolute atomic E-state index is 0.0342. The normalized spacial score (nSPS) is 21.6. The molecule has 0 aromatic carbocycles. The fourth-order valence-corrected chi connectivity index (χ4v) is 6.58. The molecule has 4 rings (SSSR count). The first-order chi connectivity index (χ1) is 17.7. The Kier molecular flexibility index (Phi) is 7.84. The number of β-amino-alcohol motifs (C(OH)–C–C–N with tert-alkyl or cyclic N) is 1. The van der Waals surface area contributed by atoms with Crippen LogP contribution in [-0.2, 0) is 21.2 Å². The number of hydrogen-bond acceptors (Lipinski definition) is 7. The second-order valence-electron chi connectivity index (χ2n) is 11.4. The van der Waals surface area contributed by atoms with Gasteiger partial charge in [-0.3, -0.25) is 14.1 Å². The van der Waals surface area contributed by atoms with E-state index in [-0.39, 0.29) is 40.3 Å².